The highest BCUT2D eigenvalue weighted by Crippen LogP contribution is 2.15. The molecule has 19 heavy (non-hydrogen) atoms. The lowest BCUT2D eigenvalue weighted by atomic mass is 10.1. The van der Waals surface area contributed by atoms with Crippen molar-refractivity contribution in [2.45, 2.75) is 20.4 Å². The molecule has 0 aliphatic heterocycles. The molecule has 0 bridgehead atoms. The zero-order chi connectivity index (χ0) is 13.8. The molecule has 2 rings (SSSR count). The minimum atomic E-state index is -1.04. The van der Waals surface area contributed by atoms with Crippen LogP contribution in [0.1, 0.15) is 27.0 Å². The molecule has 0 atom stereocenters. The van der Waals surface area contributed by atoms with Gasteiger partial charge < -0.3 is 10.4 Å². The first kappa shape index (κ1) is 13.0. The summed E-state index contributed by atoms with van der Waals surface area (Å²) in [5.41, 5.74) is 3.56. The van der Waals surface area contributed by atoms with Crippen LogP contribution in [0.3, 0.4) is 0 Å². The average molecular weight is 257 g/mol. The Balaban J connectivity index is 2.17. The second-order valence-corrected chi connectivity index (χ2v) is 4.37. The third-order valence-corrected chi connectivity index (χ3v) is 2.89. The van der Waals surface area contributed by atoms with Gasteiger partial charge in [0.15, 0.2) is 0 Å². The van der Waals surface area contributed by atoms with Gasteiger partial charge in [-0.05, 0) is 25.0 Å². The predicted molar refractivity (Wildman–Crippen MR) is 72.2 cm³/mol. The molecule has 0 aliphatic carbocycles. The van der Waals surface area contributed by atoms with Crippen molar-refractivity contribution in [3.05, 3.63) is 53.0 Å². The molecule has 0 saturated carbocycles. The van der Waals surface area contributed by atoms with Gasteiger partial charge in [0.05, 0.1) is 0 Å². The van der Waals surface area contributed by atoms with E-state index in [2.05, 4.69) is 21.4 Å². The Kier molecular flexibility index (Phi) is 3.75. The summed E-state index contributed by atoms with van der Waals surface area (Å²) in [5.74, 6) is -0.703. The van der Waals surface area contributed by atoms with Crippen LogP contribution in [0.15, 0.2) is 30.7 Å². The largest absolute Gasteiger partial charge is 0.477 e. The third-order valence-electron chi connectivity index (χ3n) is 2.89. The Morgan fingerprint density at radius 3 is 2.84 bits per heavy atom. The summed E-state index contributed by atoms with van der Waals surface area (Å²) in [7, 11) is 0. The van der Waals surface area contributed by atoms with Crippen molar-refractivity contribution in [2.75, 3.05) is 5.32 Å². The number of nitrogens with zero attached hydrogens (tertiary/aromatic N) is 2. The lowest BCUT2D eigenvalue weighted by Gasteiger charge is -2.10. The van der Waals surface area contributed by atoms with Crippen molar-refractivity contribution >= 4 is 11.8 Å². The number of carboxylic acid groups (broad SMARTS) is 1. The van der Waals surface area contributed by atoms with Crippen LogP contribution in [-0.2, 0) is 6.54 Å². The minimum absolute atomic E-state index is 0.0762. The Labute approximate surface area is 111 Å². The molecule has 0 radical (unpaired) electrons. The van der Waals surface area contributed by atoms with Crippen LogP contribution in [0.5, 0.6) is 0 Å². The lowest BCUT2D eigenvalue weighted by Crippen LogP contribution is -2.09. The average Bonchev–Trinajstić information content (AvgIpc) is 2.38. The maximum Gasteiger partial charge on any atom is 0.341 e. The van der Waals surface area contributed by atoms with Gasteiger partial charge in [-0.15, -0.1) is 0 Å². The monoisotopic (exact) mass is 257 g/mol. The normalized spacial score (nSPS) is 10.2. The molecule has 0 fully saturated rings. The highest BCUT2D eigenvalue weighted by atomic mass is 16.4. The maximum absolute atomic E-state index is 11.0. The zero-order valence-corrected chi connectivity index (χ0v) is 10.8. The van der Waals surface area contributed by atoms with Crippen LogP contribution in [0.2, 0.25) is 0 Å². The summed E-state index contributed by atoms with van der Waals surface area (Å²) < 4.78 is 0. The Morgan fingerprint density at radius 2 is 2.16 bits per heavy atom. The van der Waals surface area contributed by atoms with E-state index in [9.17, 15) is 4.79 Å². The molecule has 0 aliphatic rings. The first-order valence-corrected chi connectivity index (χ1v) is 5.91. The van der Waals surface area contributed by atoms with E-state index in [1.54, 1.807) is 0 Å². The van der Waals surface area contributed by atoms with Gasteiger partial charge in [0.25, 0.3) is 0 Å². The second-order valence-electron chi connectivity index (χ2n) is 4.37. The fourth-order valence-electron chi connectivity index (χ4n) is 1.85. The highest BCUT2D eigenvalue weighted by Gasteiger charge is 2.11. The van der Waals surface area contributed by atoms with Gasteiger partial charge in [0, 0.05) is 12.7 Å². The van der Waals surface area contributed by atoms with E-state index in [-0.39, 0.29) is 5.56 Å². The smallest absolute Gasteiger partial charge is 0.341 e. The summed E-state index contributed by atoms with van der Waals surface area (Å²) in [6, 6.07) is 6.15. The van der Waals surface area contributed by atoms with Crippen LogP contribution in [0.4, 0.5) is 5.82 Å². The number of anilines is 1. The third kappa shape index (κ3) is 3.07. The van der Waals surface area contributed by atoms with Crippen molar-refractivity contribution in [3.63, 3.8) is 0 Å². The number of carbonyl (C=O) groups is 1. The standard InChI is InChI=1S/C14H15N3O2/c1-9-3-4-11(10(2)5-9)6-16-13-12(14(18)19)7-15-8-17-13/h3-5,7-8H,6H2,1-2H3,(H,18,19)(H,15,16,17). The zero-order valence-electron chi connectivity index (χ0n) is 10.8. The van der Waals surface area contributed by atoms with Gasteiger partial charge in [-0.2, -0.15) is 0 Å². The number of hydrogen-bond acceptors (Lipinski definition) is 4. The summed E-state index contributed by atoms with van der Waals surface area (Å²) >= 11 is 0. The van der Waals surface area contributed by atoms with Gasteiger partial charge >= 0.3 is 5.97 Å². The number of aryl methyl sites for hydroxylation is 2. The van der Waals surface area contributed by atoms with Gasteiger partial charge in [0.1, 0.15) is 17.7 Å². The quantitative estimate of drug-likeness (QED) is 0.879. The van der Waals surface area contributed by atoms with Gasteiger partial charge in [0.2, 0.25) is 0 Å². The van der Waals surface area contributed by atoms with Crippen LogP contribution in [0, 0.1) is 13.8 Å². The van der Waals surface area contributed by atoms with Crippen LogP contribution in [-0.4, -0.2) is 21.0 Å². The minimum Gasteiger partial charge on any atom is -0.477 e. The fourth-order valence-corrected chi connectivity index (χ4v) is 1.85. The van der Waals surface area contributed by atoms with E-state index in [1.807, 2.05) is 26.0 Å². The summed E-state index contributed by atoms with van der Waals surface area (Å²) in [5, 5.41) is 12.1. The van der Waals surface area contributed by atoms with E-state index in [0.717, 1.165) is 5.56 Å². The van der Waals surface area contributed by atoms with Crippen molar-refractivity contribution in [1.29, 1.82) is 0 Å². The van der Waals surface area contributed by atoms with Crippen molar-refractivity contribution in [2.24, 2.45) is 0 Å². The molecular weight excluding hydrogens is 242 g/mol. The van der Waals surface area contributed by atoms with Crippen LogP contribution in [0.25, 0.3) is 0 Å². The highest BCUT2D eigenvalue weighted by molar-refractivity contribution is 5.92. The molecule has 98 valence electrons. The molecule has 1 aromatic heterocycles. The molecule has 1 heterocycles. The predicted octanol–water partition coefficient (Wildman–Crippen LogP) is 2.40. The number of benzene rings is 1. The molecule has 5 nitrogen and oxygen atoms in total. The van der Waals surface area contributed by atoms with E-state index >= 15 is 0 Å². The number of carboxylic acids is 1. The number of aromatic nitrogens is 2. The SMILES string of the molecule is Cc1ccc(CNc2ncncc2C(=O)O)c(C)c1. The molecule has 0 amide bonds. The molecule has 5 heteroatoms. The Bertz CT molecular complexity index is 611. The van der Waals surface area contributed by atoms with Crippen LogP contribution < -0.4 is 5.32 Å². The number of rotatable bonds is 4. The lowest BCUT2D eigenvalue weighted by molar-refractivity contribution is 0.0697. The fraction of sp³-hybridized carbons (Fsp3) is 0.214. The van der Waals surface area contributed by atoms with E-state index < -0.39 is 5.97 Å². The molecular formula is C14H15N3O2. The molecule has 2 aromatic rings. The summed E-state index contributed by atoms with van der Waals surface area (Å²) in [4.78, 5) is 18.7. The van der Waals surface area contributed by atoms with E-state index in [1.165, 1.54) is 23.7 Å². The van der Waals surface area contributed by atoms with Gasteiger partial charge in [-0.3, -0.25) is 0 Å². The van der Waals surface area contributed by atoms with Crippen molar-refractivity contribution in [3.8, 4) is 0 Å². The molecule has 0 saturated heterocycles. The summed E-state index contributed by atoms with van der Waals surface area (Å²) in [6.45, 7) is 4.60. The first-order valence-electron chi connectivity index (χ1n) is 5.91. The molecule has 2 N–H and O–H groups in total. The molecule has 0 unspecified atom stereocenters. The van der Waals surface area contributed by atoms with Crippen LogP contribution >= 0.6 is 0 Å². The summed E-state index contributed by atoms with van der Waals surface area (Å²) in [6.07, 6.45) is 2.62. The van der Waals surface area contributed by atoms with Gasteiger partial charge in [-0.1, -0.05) is 23.8 Å². The second kappa shape index (κ2) is 5.48. The van der Waals surface area contributed by atoms with Gasteiger partial charge in [-0.25, -0.2) is 14.8 Å². The Hall–Kier alpha value is -2.43. The van der Waals surface area contributed by atoms with E-state index in [0.29, 0.717) is 12.4 Å². The number of aromatic carboxylic acids is 1. The van der Waals surface area contributed by atoms with Crippen molar-refractivity contribution in [1.82, 2.24) is 9.97 Å². The Morgan fingerprint density at radius 1 is 1.37 bits per heavy atom. The number of hydrogen-bond donors (Lipinski definition) is 2. The van der Waals surface area contributed by atoms with Crippen molar-refractivity contribution < 1.29 is 9.90 Å². The molecule has 1 aromatic carbocycles. The number of nitrogens with one attached hydrogen (secondary N) is 1. The maximum atomic E-state index is 11.0. The topological polar surface area (TPSA) is 75.1 Å². The molecule has 0 spiro atoms. The van der Waals surface area contributed by atoms with E-state index in [4.69, 9.17) is 5.11 Å². The first-order chi connectivity index (χ1) is 9.08.